The number of ketones is 1. The van der Waals surface area contributed by atoms with Crippen molar-refractivity contribution in [1.82, 2.24) is 0 Å². The molecule has 0 fully saturated rings. The highest BCUT2D eigenvalue weighted by Crippen LogP contribution is 2.21. The molecule has 4 heteroatoms. The lowest BCUT2D eigenvalue weighted by Gasteiger charge is -2.04. The maximum absolute atomic E-state index is 11.4. The average molecular weight is 219 g/mol. The van der Waals surface area contributed by atoms with Gasteiger partial charge in [0, 0.05) is 0 Å². The van der Waals surface area contributed by atoms with Crippen LogP contribution >= 0.6 is 22.9 Å². The molecule has 0 saturated carbocycles. The maximum Gasteiger partial charge on any atom is 0.198 e. The quantitative estimate of drug-likeness (QED) is 0.727. The molecule has 0 aliphatic carbocycles. The highest BCUT2D eigenvalue weighted by atomic mass is 35.5. The van der Waals surface area contributed by atoms with Crippen molar-refractivity contribution in [3.8, 4) is 0 Å². The monoisotopic (exact) mass is 218 g/mol. The Bertz CT molecular complexity index is 294. The van der Waals surface area contributed by atoms with Crippen molar-refractivity contribution in [3.05, 3.63) is 21.3 Å². The number of thiophene rings is 1. The summed E-state index contributed by atoms with van der Waals surface area (Å²) >= 11 is 6.98. The lowest BCUT2D eigenvalue weighted by molar-refractivity contribution is 0.0588. The molecule has 0 aliphatic heterocycles. The fourth-order valence-corrected chi connectivity index (χ4v) is 1.75. The second kappa shape index (κ2) is 4.74. The molecule has 0 amide bonds. The maximum atomic E-state index is 11.4. The van der Waals surface area contributed by atoms with Crippen LogP contribution in [0.15, 0.2) is 12.1 Å². The molecule has 72 valence electrons. The van der Waals surface area contributed by atoms with Gasteiger partial charge in [0.25, 0.3) is 0 Å². The predicted molar refractivity (Wildman–Crippen MR) is 54.7 cm³/mol. The van der Waals surface area contributed by atoms with E-state index in [2.05, 4.69) is 0 Å². The van der Waals surface area contributed by atoms with E-state index in [1.165, 1.54) is 11.3 Å². The zero-order chi connectivity index (χ0) is 9.84. The van der Waals surface area contributed by atoms with Gasteiger partial charge in [-0.15, -0.1) is 11.3 Å². The molecule has 0 atom stereocenters. The van der Waals surface area contributed by atoms with Crippen molar-refractivity contribution in [2.75, 3.05) is 6.61 Å². The minimum atomic E-state index is -0.00870. The lowest BCUT2D eigenvalue weighted by Crippen LogP contribution is -2.12. The molecule has 1 aromatic heterocycles. The summed E-state index contributed by atoms with van der Waals surface area (Å²) in [7, 11) is 0. The number of hydrogen-bond donors (Lipinski definition) is 0. The highest BCUT2D eigenvalue weighted by molar-refractivity contribution is 7.18. The summed E-state index contributed by atoms with van der Waals surface area (Å²) in [6.07, 6.45) is 0.0828. The minimum absolute atomic E-state index is 0.00870. The van der Waals surface area contributed by atoms with Gasteiger partial charge in [0.15, 0.2) is 5.78 Å². The molecule has 1 rings (SSSR count). The van der Waals surface area contributed by atoms with Gasteiger partial charge in [-0.05, 0) is 26.0 Å². The first-order chi connectivity index (χ1) is 6.09. The number of rotatable bonds is 4. The molecule has 1 aromatic rings. The Hall–Kier alpha value is -0.380. The third-order valence-electron chi connectivity index (χ3n) is 1.40. The molecular weight excluding hydrogens is 208 g/mol. The number of carbonyl (C=O) groups excluding carboxylic acids is 1. The zero-order valence-electron chi connectivity index (χ0n) is 7.54. The number of halogens is 1. The van der Waals surface area contributed by atoms with E-state index in [9.17, 15) is 4.79 Å². The Morgan fingerprint density at radius 1 is 1.62 bits per heavy atom. The largest absolute Gasteiger partial charge is 0.371 e. The van der Waals surface area contributed by atoms with Gasteiger partial charge in [0.05, 0.1) is 15.3 Å². The van der Waals surface area contributed by atoms with Crippen molar-refractivity contribution < 1.29 is 9.53 Å². The van der Waals surface area contributed by atoms with Crippen LogP contribution in [0.5, 0.6) is 0 Å². The Balaban J connectivity index is 2.49. The van der Waals surface area contributed by atoms with Crippen molar-refractivity contribution >= 4 is 28.7 Å². The number of ether oxygens (including phenoxy) is 1. The molecule has 2 nitrogen and oxygen atoms in total. The Labute approximate surface area is 86.5 Å². The molecule has 0 spiro atoms. The van der Waals surface area contributed by atoms with Gasteiger partial charge >= 0.3 is 0 Å². The van der Waals surface area contributed by atoms with E-state index in [4.69, 9.17) is 16.3 Å². The van der Waals surface area contributed by atoms with E-state index in [0.717, 1.165) is 0 Å². The van der Waals surface area contributed by atoms with Gasteiger partial charge in [-0.3, -0.25) is 4.79 Å². The van der Waals surface area contributed by atoms with Crippen LogP contribution in [0, 0.1) is 0 Å². The number of hydrogen-bond acceptors (Lipinski definition) is 3. The second-order valence-corrected chi connectivity index (χ2v) is 4.60. The van der Waals surface area contributed by atoms with E-state index in [0.29, 0.717) is 9.21 Å². The Morgan fingerprint density at radius 3 is 2.77 bits per heavy atom. The standard InChI is InChI=1S/C9H11ClO2S/c1-6(2)12-5-7(11)8-3-4-9(10)13-8/h3-4,6H,5H2,1-2H3. The molecule has 13 heavy (non-hydrogen) atoms. The number of Topliss-reactive ketones (excluding diaryl/α,β-unsaturated/α-hetero) is 1. The summed E-state index contributed by atoms with van der Waals surface area (Å²) in [5.41, 5.74) is 0. The SMILES string of the molecule is CC(C)OCC(=O)c1ccc(Cl)s1. The van der Waals surface area contributed by atoms with Crippen LogP contribution < -0.4 is 0 Å². The Kier molecular flexibility index (Phi) is 3.90. The van der Waals surface area contributed by atoms with Gasteiger partial charge in [-0.25, -0.2) is 0 Å². The summed E-state index contributed by atoms with van der Waals surface area (Å²) < 4.78 is 5.81. The summed E-state index contributed by atoms with van der Waals surface area (Å²) in [5, 5.41) is 0. The summed E-state index contributed by atoms with van der Waals surface area (Å²) in [4.78, 5) is 12.0. The molecule has 0 unspecified atom stereocenters. The van der Waals surface area contributed by atoms with Crippen LogP contribution in [-0.2, 0) is 4.74 Å². The third kappa shape index (κ3) is 3.46. The van der Waals surface area contributed by atoms with Crippen molar-refractivity contribution in [3.63, 3.8) is 0 Å². The third-order valence-corrected chi connectivity index (χ3v) is 2.67. The van der Waals surface area contributed by atoms with Crippen LogP contribution in [0.2, 0.25) is 4.34 Å². The highest BCUT2D eigenvalue weighted by Gasteiger charge is 2.09. The minimum Gasteiger partial charge on any atom is -0.371 e. The van der Waals surface area contributed by atoms with Crippen LogP contribution in [0.1, 0.15) is 23.5 Å². The van der Waals surface area contributed by atoms with Gasteiger partial charge in [0.2, 0.25) is 0 Å². The number of carbonyl (C=O) groups is 1. The first-order valence-electron chi connectivity index (χ1n) is 3.99. The van der Waals surface area contributed by atoms with E-state index in [-0.39, 0.29) is 18.5 Å². The van der Waals surface area contributed by atoms with Gasteiger partial charge < -0.3 is 4.74 Å². The summed E-state index contributed by atoms with van der Waals surface area (Å²) in [6, 6.07) is 3.44. The molecule has 0 aliphatic rings. The van der Waals surface area contributed by atoms with E-state index >= 15 is 0 Å². The van der Waals surface area contributed by atoms with Gasteiger partial charge in [-0.2, -0.15) is 0 Å². The van der Waals surface area contributed by atoms with E-state index in [1.807, 2.05) is 13.8 Å². The summed E-state index contributed by atoms with van der Waals surface area (Å²) in [5.74, 6) is -0.00870. The molecular formula is C9H11ClO2S. The van der Waals surface area contributed by atoms with Crippen LogP contribution in [-0.4, -0.2) is 18.5 Å². The van der Waals surface area contributed by atoms with Crippen molar-refractivity contribution in [1.29, 1.82) is 0 Å². The topological polar surface area (TPSA) is 26.3 Å². The van der Waals surface area contributed by atoms with Gasteiger partial charge in [0.1, 0.15) is 6.61 Å². The van der Waals surface area contributed by atoms with E-state index in [1.54, 1.807) is 12.1 Å². The van der Waals surface area contributed by atoms with Crippen LogP contribution in [0.4, 0.5) is 0 Å². The predicted octanol–water partition coefficient (Wildman–Crippen LogP) is 3.01. The molecule has 1 heterocycles. The first-order valence-corrected chi connectivity index (χ1v) is 5.19. The molecule has 0 aromatic carbocycles. The fourth-order valence-electron chi connectivity index (χ4n) is 0.778. The Morgan fingerprint density at radius 2 is 2.31 bits per heavy atom. The fraction of sp³-hybridized carbons (Fsp3) is 0.444. The van der Waals surface area contributed by atoms with Gasteiger partial charge in [-0.1, -0.05) is 11.6 Å². The van der Waals surface area contributed by atoms with E-state index < -0.39 is 0 Å². The van der Waals surface area contributed by atoms with Crippen molar-refractivity contribution in [2.24, 2.45) is 0 Å². The summed E-state index contributed by atoms with van der Waals surface area (Å²) in [6.45, 7) is 3.93. The normalized spacial score (nSPS) is 10.8. The first kappa shape index (κ1) is 10.7. The van der Waals surface area contributed by atoms with Crippen molar-refractivity contribution in [2.45, 2.75) is 20.0 Å². The van der Waals surface area contributed by atoms with Crippen LogP contribution in [0.25, 0.3) is 0 Å². The molecule has 0 N–H and O–H groups in total. The lowest BCUT2D eigenvalue weighted by atomic mass is 10.3. The zero-order valence-corrected chi connectivity index (χ0v) is 9.11. The second-order valence-electron chi connectivity index (χ2n) is 2.89. The average Bonchev–Trinajstić information content (AvgIpc) is 2.47. The molecule has 0 saturated heterocycles. The smallest absolute Gasteiger partial charge is 0.198 e. The molecule has 0 bridgehead atoms. The van der Waals surface area contributed by atoms with Crippen LogP contribution in [0.3, 0.4) is 0 Å². The molecule has 0 radical (unpaired) electrons.